The van der Waals surface area contributed by atoms with Crippen LogP contribution in [0.4, 0.5) is 10.5 Å². The lowest BCUT2D eigenvalue weighted by molar-refractivity contribution is 0.0671. The number of nitrogens with zero attached hydrogens (tertiary/aromatic N) is 1. The molecule has 5 heteroatoms. The number of aliphatic hydroxyl groups excluding tert-OH is 1. The van der Waals surface area contributed by atoms with E-state index in [1.165, 1.54) is 0 Å². The van der Waals surface area contributed by atoms with Gasteiger partial charge in [0.05, 0.1) is 17.7 Å². The van der Waals surface area contributed by atoms with Crippen molar-refractivity contribution in [3.05, 3.63) is 29.8 Å². The van der Waals surface area contributed by atoms with Crippen LogP contribution in [0.1, 0.15) is 18.4 Å². The van der Waals surface area contributed by atoms with Crippen molar-refractivity contribution in [2.24, 2.45) is 0 Å². The Kier molecular flexibility index (Phi) is 3.26. The summed E-state index contributed by atoms with van der Waals surface area (Å²) < 4.78 is 0. The van der Waals surface area contributed by atoms with Crippen molar-refractivity contribution in [3.8, 4) is 6.07 Å². The Morgan fingerprint density at radius 1 is 1.35 bits per heavy atom. The van der Waals surface area contributed by atoms with Crippen LogP contribution in [0.15, 0.2) is 24.3 Å². The van der Waals surface area contributed by atoms with Gasteiger partial charge in [0.25, 0.3) is 0 Å². The summed E-state index contributed by atoms with van der Waals surface area (Å²) in [5.41, 5.74) is 1.19. The first-order chi connectivity index (χ1) is 8.17. The van der Waals surface area contributed by atoms with Gasteiger partial charge < -0.3 is 15.7 Å². The number of hydrogen-bond acceptors (Lipinski definition) is 3. The van der Waals surface area contributed by atoms with Gasteiger partial charge in [-0.25, -0.2) is 4.79 Å². The second-order valence-corrected chi connectivity index (χ2v) is 4.11. The highest BCUT2D eigenvalue weighted by Gasteiger charge is 2.28. The molecule has 0 spiro atoms. The molecule has 2 rings (SSSR count). The molecule has 0 saturated heterocycles. The number of aliphatic hydroxyl groups is 1. The summed E-state index contributed by atoms with van der Waals surface area (Å²) in [6.07, 6.45) is 0.942. The highest BCUT2D eigenvalue weighted by atomic mass is 16.3. The number of amides is 2. The zero-order valence-electron chi connectivity index (χ0n) is 9.18. The summed E-state index contributed by atoms with van der Waals surface area (Å²) in [6.45, 7) is 0. The maximum Gasteiger partial charge on any atom is 0.319 e. The van der Waals surface area contributed by atoms with Crippen LogP contribution in [0.2, 0.25) is 0 Å². The van der Waals surface area contributed by atoms with Crippen LogP contribution in [-0.2, 0) is 0 Å². The van der Waals surface area contributed by atoms with Crippen LogP contribution in [0.3, 0.4) is 0 Å². The molecule has 1 aromatic rings. The molecule has 5 nitrogen and oxygen atoms in total. The molecule has 1 aromatic carbocycles. The van der Waals surface area contributed by atoms with E-state index in [1.807, 2.05) is 6.07 Å². The van der Waals surface area contributed by atoms with Gasteiger partial charge in [-0.2, -0.15) is 5.26 Å². The molecule has 0 aromatic heterocycles. The smallest absolute Gasteiger partial charge is 0.319 e. The van der Waals surface area contributed by atoms with Gasteiger partial charge in [-0.1, -0.05) is 0 Å². The Hall–Kier alpha value is -2.06. The normalized spacial score (nSPS) is 22.1. The first-order valence-corrected chi connectivity index (χ1v) is 5.43. The maximum atomic E-state index is 11.5. The monoisotopic (exact) mass is 231 g/mol. The topological polar surface area (TPSA) is 85.2 Å². The minimum Gasteiger partial charge on any atom is -0.393 e. The van der Waals surface area contributed by atoms with E-state index in [2.05, 4.69) is 10.6 Å². The van der Waals surface area contributed by atoms with Crippen molar-refractivity contribution in [2.75, 3.05) is 5.32 Å². The zero-order chi connectivity index (χ0) is 12.3. The van der Waals surface area contributed by atoms with Crippen molar-refractivity contribution < 1.29 is 9.90 Å². The van der Waals surface area contributed by atoms with E-state index in [0.717, 1.165) is 0 Å². The molecule has 2 amide bonds. The highest BCUT2D eigenvalue weighted by Crippen LogP contribution is 2.19. The molecule has 88 valence electrons. The third-order valence-electron chi connectivity index (χ3n) is 2.72. The quantitative estimate of drug-likeness (QED) is 0.715. The number of carbonyl (C=O) groups excluding carboxylic acids is 1. The summed E-state index contributed by atoms with van der Waals surface area (Å²) in [6, 6.07) is 8.41. The van der Waals surface area contributed by atoms with Crippen LogP contribution in [0.5, 0.6) is 0 Å². The molecule has 0 aliphatic heterocycles. The fourth-order valence-corrected chi connectivity index (χ4v) is 1.69. The van der Waals surface area contributed by atoms with Crippen molar-refractivity contribution in [1.29, 1.82) is 5.26 Å². The molecular weight excluding hydrogens is 218 g/mol. The van der Waals surface area contributed by atoms with Gasteiger partial charge in [0, 0.05) is 11.7 Å². The average Bonchev–Trinajstić information content (AvgIpc) is 2.28. The van der Waals surface area contributed by atoms with Crippen molar-refractivity contribution in [3.63, 3.8) is 0 Å². The number of hydrogen-bond donors (Lipinski definition) is 3. The van der Waals surface area contributed by atoms with E-state index < -0.39 is 0 Å². The molecule has 0 bridgehead atoms. The van der Waals surface area contributed by atoms with Gasteiger partial charge >= 0.3 is 6.03 Å². The van der Waals surface area contributed by atoms with Gasteiger partial charge in [0.1, 0.15) is 0 Å². The molecular formula is C12H13N3O2. The van der Waals surface area contributed by atoms with Crippen LogP contribution in [0.25, 0.3) is 0 Å². The summed E-state index contributed by atoms with van der Waals surface area (Å²) in [5, 5.41) is 23.1. The van der Waals surface area contributed by atoms with E-state index >= 15 is 0 Å². The zero-order valence-corrected chi connectivity index (χ0v) is 9.18. The molecule has 3 N–H and O–H groups in total. The molecule has 1 aliphatic carbocycles. The van der Waals surface area contributed by atoms with Gasteiger partial charge in [0.15, 0.2) is 0 Å². The largest absolute Gasteiger partial charge is 0.393 e. The number of nitrogens with one attached hydrogen (secondary N) is 2. The summed E-state index contributed by atoms with van der Waals surface area (Å²) >= 11 is 0. The fourth-order valence-electron chi connectivity index (χ4n) is 1.69. The van der Waals surface area contributed by atoms with Crippen molar-refractivity contribution >= 4 is 11.7 Å². The Morgan fingerprint density at radius 2 is 2.00 bits per heavy atom. The van der Waals surface area contributed by atoms with Crippen LogP contribution in [-0.4, -0.2) is 23.3 Å². The van der Waals surface area contributed by atoms with E-state index in [-0.39, 0.29) is 18.2 Å². The number of benzene rings is 1. The predicted molar refractivity (Wildman–Crippen MR) is 62.3 cm³/mol. The third kappa shape index (κ3) is 2.95. The number of carbonyl (C=O) groups is 1. The lowest BCUT2D eigenvalue weighted by Gasteiger charge is -2.31. The lowest BCUT2D eigenvalue weighted by atomic mass is 9.90. The van der Waals surface area contributed by atoms with Crippen LogP contribution in [0, 0.1) is 11.3 Å². The molecule has 0 unspecified atom stereocenters. The minimum atomic E-state index is -0.286. The lowest BCUT2D eigenvalue weighted by Crippen LogP contribution is -2.48. The molecule has 0 heterocycles. The van der Waals surface area contributed by atoms with Gasteiger partial charge in [-0.15, -0.1) is 0 Å². The molecule has 0 radical (unpaired) electrons. The first kappa shape index (κ1) is 11.4. The third-order valence-corrected chi connectivity index (χ3v) is 2.72. The molecule has 0 atom stereocenters. The SMILES string of the molecule is N#Cc1ccc(NC(=O)NC2CC(O)C2)cc1. The van der Waals surface area contributed by atoms with Gasteiger partial charge in [0.2, 0.25) is 0 Å². The summed E-state index contributed by atoms with van der Waals surface area (Å²) in [5.74, 6) is 0. The van der Waals surface area contributed by atoms with Crippen LogP contribution >= 0.6 is 0 Å². The summed E-state index contributed by atoms with van der Waals surface area (Å²) in [4.78, 5) is 11.5. The number of rotatable bonds is 2. The first-order valence-electron chi connectivity index (χ1n) is 5.43. The molecule has 1 aliphatic rings. The highest BCUT2D eigenvalue weighted by molar-refractivity contribution is 5.89. The number of anilines is 1. The molecule has 1 saturated carbocycles. The Balaban J connectivity index is 1.83. The van der Waals surface area contributed by atoms with E-state index in [0.29, 0.717) is 24.1 Å². The second-order valence-electron chi connectivity index (χ2n) is 4.11. The van der Waals surface area contributed by atoms with E-state index in [1.54, 1.807) is 24.3 Å². The average molecular weight is 231 g/mol. The van der Waals surface area contributed by atoms with Gasteiger partial charge in [-0.3, -0.25) is 0 Å². The Labute approximate surface area is 99.1 Å². The van der Waals surface area contributed by atoms with E-state index in [4.69, 9.17) is 10.4 Å². The predicted octanol–water partition coefficient (Wildman–Crippen LogP) is 1.20. The molecule has 1 fully saturated rings. The number of nitriles is 1. The Morgan fingerprint density at radius 3 is 2.53 bits per heavy atom. The number of urea groups is 1. The minimum absolute atomic E-state index is 0.0587. The van der Waals surface area contributed by atoms with Crippen molar-refractivity contribution in [1.82, 2.24) is 5.32 Å². The van der Waals surface area contributed by atoms with E-state index in [9.17, 15) is 4.79 Å². The second kappa shape index (κ2) is 4.85. The van der Waals surface area contributed by atoms with Gasteiger partial charge in [-0.05, 0) is 37.1 Å². The van der Waals surface area contributed by atoms with Crippen LogP contribution < -0.4 is 10.6 Å². The maximum absolute atomic E-state index is 11.5. The van der Waals surface area contributed by atoms with Crippen molar-refractivity contribution in [2.45, 2.75) is 25.0 Å². The Bertz CT molecular complexity index is 444. The summed E-state index contributed by atoms with van der Waals surface area (Å²) in [7, 11) is 0. The standard InChI is InChI=1S/C12H13N3O2/c13-7-8-1-3-9(4-2-8)14-12(17)15-10-5-11(16)6-10/h1-4,10-11,16H,5-6H2,(H2,14,15,17). The molecule has 17 heavy (non-hydrogen) atoms. The fraction of sp³-hybridized carbons (Fsp3) is 0.333.